The van der Waals surface area contributed by atoms with Gasteiger partial charge in [0.15, 0.2) is 0 Å². The third-order valence-corrected chi connectivity index (χ3v) is 5.79. The molecule has 0 unspecified atom stereocenters. The normalized spacial score (nSPS) is 20.7. The number of nitrogens with zero attached hydrogens (tertiary/aromatic N) is 3. The van der Waals surface area contributed by atoms with E-state index in [1.807, 2.05) is 18.2 Å². The summed E-state index contributed by atoms with van der Waals surface area (Å²) < 4.78 is 5.59. The predicted octanol–water partition coefficient (Wildman–Crippen LogP) is 2.93. The van der Waals surface area contributed by atoms with Crippen LogP contribution in [0.25, 0.3) is 0 Å². The first-order valence-corrected chi connectivity index (χ1v) is 10.8. The maximum atomic E-state index is 13.1. The summed E-state index contributed by atoms with van der Waals surface area (Å²) >= 11 is 0. The van der Waals surface area contributed by atoms with Crippen molar-refractivity contribution in [3.05, 3.63) is 60.2 Å². The molecular formula is C24H29N3O3. The minimum Gasteiger partial charge on any atom is -0.494 e. The van der Waals surface area contributed by atoms with Crippen molar-refractivity contribution < 1.29 is 14.3 Å². The monoisotopic (exact) mass is 407 g/mol. The van der Waals surface area contributed by atoms with Crippen molar-refractivity contribution in [2.75, 3.05) is 37.7 Å². The van der Waals surface area contributed by atoms with Gasteiger partial charge in [0.25, 0.3) is 5.91 Å². The van der Waals surface area contributed by atoms with Gasteiger partial charge in [0, 0.05) is 32.7 Å². The minimum absolute atomic E-state index is 0.112. The zero-order valence-corrected chi connectivity index (χ0v) is 17.5. The van der Waals surface area contributed by atoms with E-state index in [-0.39, 0.29) is 24.3 Å². The lowest BCUT2D eigenvalue weighted by Gasteiger charge is -2.37. The van der Waals surface area contributed by atoms with Gasteiger partial charge in [-0.1, -0.05) is 37.3 Å². The first kappa shape index (κ1) is 20.6. The number of hydrogen-bond donors (Lipinski definition) is 0. The molecule has 158 valence electrons. The molecule has 2 aromatic rings. The van der Waals surface area contributed by atoms with Gasteiger partial charge in [0.2, 0.25) is 5.91 Å². The molecule has 0 saturated carbocycles. The van der Waals surface area contributed by atoms with Gasteiger partial charge in [-0.2, -0.15) is 0 Å². The van der Waals surface area contributed by atoms with Crippen LogP contribution in [0.15, 0.2) is 54.6 Å². The summed E-state index contributed by atoms with van der Waals surface area (Å²) in [6.45, 7) is 7.02. The number of carbonyl (C=O) groups excluding carboxylic acids is 2. The number of imide groups is 1. The van der Waals surface area contributed by atoms with E-state index < -0.39 is 0 Å². The van der Waals surface area contributed by atoms with Gasteiger partial charge in [-0.25, -0.2) is 4.90 Å². The smallest absolute Gasteiger partial charge is 0.251 e. The molecule has 2 aromatic carbocycles. The maximum absolute atomic E-state index is 13.1. The number of ether oxygens (including phenoxy) is 1. The Morgan fingerprint density at radius 2 is 1.63 bits per heavy atom. The lowest BCUT2D eigenvalue weighted by molar-refractivity contribution is -0.123. The van der Waals surface area contributed by atoms with Crippen LogP contribution < -0.4 is 9.64 Å². The van der Waals surface area contributed by atoms with Crippen LogP contribution in [0.3, 0.4) is 0 Å². The van der Waals surface area contributed by atoms with Crippen molar-refractivity contribution in [1.82, 2.24) is 9.80 Å². The topological polar surface area (TPSA) is 53.1 Å². The molecule has 2 aliphatic heterocycles. The SMILES string of the molecule is CCCOc1ccc(N2C(=O)C[C@H](N3CCN(Cc4ccccc4)CC3)C2=O)cc1. The largest absolute Gasteiger partial charge is 0.494 e. The molecule has 30 heavy (non-hydrogen) atoms. The zero-order chi connectivity index (χ0) is 20.9. The third kappa shape index (κ3) is 4.55. The fraction of sp³-hybridized carbons (Fsp3) is 0.417. The summed E-state index contributed by atoms with van der Waals surface area (Å²) in [4.78, 5) is 31.6. The van der Waals surface area contributed by atoms with E-state index in [2.05, 4.69) is 41.0 Å². The van der Waals surface area contributed by atoms with Crippen LogP contribution in [-0.4, -0.2) is 60.4 Å². The van der Waals surface area contributed by atoms with E-state index in [1.165, 1.54) is 10.5 Å². The fourth-order valence-corrected chi connectivity index (χ4v) is 4.16. The molecular weight excluding hydrogens is 378 g/mol. The molecule has 2 amide bonds. The molecule has 0 bridgehead atoms. The lowest BCUT2D eigenvalue weighted by atomic mass is 10.1. The van der Waals surface area contributed by atoms with Crippen LogP contribution in [0.1, 0.15) is 25.3 Å². The average Bonchev–Trinajstić information content (AvgIpc) is 3.08. The first-order valence-electron chi connectivity index (χ1n) is 10.8. The number of benzene rings is 2. The third-order valence-electron chi connectivity index (χ3n) is 5.79. The zero-order valence-electron chi connectivity index (χ0n) is 17.5. The number of rotatable bonds is 7. The Morgan fingerprint density at radius 1 is 0.933 bits per heavy atom. The molecule has 2 aliphatic rings. The number of anilines is 1. The maximum Gasteiger partial charge on any atom is 0.251 e. The van der Waals surface area contributed by atoms with Gasteiger partial charge in [-0.15, -0.1) is 0 Å². The Hall–Kier alpha value is -2.70. The van der Waals surface area contributed by atoms with Crippen LogP contribution in [0.2, 0.25) is 0 Å². The molecule has 1 atom stereocenters. The van der Waals surface area contributed by atoms with E-state index in [9.17, 15) is 9.59 Å². The molecule has 2 fully saturated rings. The molecule has 0 N–H and O–H groups in total. The Balaban J connectivity index is 1.35. The summed E-state index contributed by atoms with van der Waals surface area (Å²) in [5.74, 6) is 0.517. The predicted molar refractivity (Wildman–Crippen MR) is 116 cm³/mol. The van der Waals surface area contributed by atoms with Gasteiger partial charge >= 0.3 is 0 Å². The van der Waals surface area contributed by atoms with Gasteiger partial charge in [0.05, 0.1) is 24.8 Å². The van der Waals surface area contributed by atoms with Crippen molar-refractivity contribution in [2.45, 2.75) is 32.4 Å². The summed E-state index contributed by atoms with van der Waals surface area (Å²) in [5, 5.41) is 0. The summed E-state index contributed by atoms with van der Waals surface area (Å²) in [5.41, 5.74) is 1.93. The van der Waals surface area contributed by atoms with Crippen molar-refractivity contribution >= 4 is 17.5 Å². The van der Waals surface area contributed by atoms with Gasteiger partial charge < -0.3 is 4.74 Å². The number of amides is 2. The molecule has 0 aliphatic carbocycles. The summed E-state index contributed by atoms with van der Waals surface area (Å²) in [6.07, 6.45) is 1.19. The average molecular weight is 408 g/mol. The van der Waals surface area contributed by atoms with E-state index in [0.29, 0.717) is 12.3 Å². The van der Waals surface area contributed by atoms with Gasteiger partial charge in [0.1, 0.15) is 5.75 Å². The highest BCUT2D eigenvalue weighted by Gasteiger charge is 2.43. The van der Waals surface area contributed by atoms with Gasteiger partial charge in [-0.05, 0) is 36.2 Å². The number of carbonyl (C=O) groups is 2. The standard InChI is InChI=1S/C24H29N3O3/c1-2-16-30-21-10-8-20(9-11-21)27-23(28)17-22(24(27)29)26-14-12-25(13-15-26)18-19-6-4-3-5-7-19/h3-11,22H,2,12-18H2,1H3/t22-/m0/s1. The van der Waals surface area contributed by atoms with E-state index >= 15 is 0 Å². The van der Waals surface area contributed by atoms with Crippen LogP contribution >= 0.6 is 0 Å². The second-order valence-electron chi connectivity index (χ2n) is 7.93. The Bertz CT molecular complexity index is 861. The highest BCUT2D eigenvalue weighted by molar-refractivity contribution is 6.22. The van der Waals surface area contributed by atoms with Crippen LogP contribution in [0, 0.1) is 0 Å². The number of piperazine rings is 1. The van der Waals surface area contributed by atoms with E-state index in [0.717, 1.165) is 44.9 Å². The van der Waals surface area contributed by atoms with Gasteiger partial charge in [-0.3, -0.25) is 19.4 Å². The molecule has 0 radical (unpaired) electrons. The second kappa shape index (κ2) is 9.41. The molecule has 2 saturated heterocycles. The highest BCUT2D eigenvalue weighted by Crippen LogP contribution is 2.28. The highest BCUT2D eigenvalue weighted by atomic mass is 16.5. The van der Waals surface area contributed by atoms with E-state index in [1.54, 1.807) is 12.1 Å². The second-order valence-corrected chi connectivity index (χ2v) is 7.93. The van der Waals surface area contributed by atoms with Crippen LogP contribution in [-0.2, 0) is 16.1 Å². The summed E-state index contributed by atoms with van der Waals surface area (Å²) in [6, 6.07) is 17.3. The summed E-state index contributed by atoms with van der Waals surface area (Å²) in [7, 11) is 0. The van der Waals surface area contributed by atoms with Crippen molar-refractivity contribution in [1.29, 1.82) is 0 Å². The molecule has 0 aromatic heterocycles. The Labute approximate surface area is 178 Å². The molecule has 6 nitrogen and oxygen atoms in total. The molecule has 4 rings (SSSR count). The van der Waals surface area contributed by atoms with E-state index in [4.69, 9.17) is 4.74 Å². The van der Waals surface area contributed by atoms with Crippen molar-refractivity contribution in [2.24, 2.45) is 0 Å². The molecule has 2 heterocycles. The molecule has 6 heteroatoms. The fourth-order valence-electron chi connectivity index (χ4n) is 4.16. The van der Waals surface area contributed by atoms with Crippen LogP contribution in [0.4, 0.5) is 5.69 Å². The Morgan fingerprint density at radius 3 is 2.30 bits per heavy atom. The molecule has 0 spiro atoms. The van der Waals surface area contributed by atoms with Crippen molar-refractivity contribution in [3.63, 3.8) is 0 Å². The number of hydrogen-bond acceptors (Lipinski definition) is 5. The lowest BCUT2D eigenvalue weighted by Crippen LogP contribution is -2.52. The minimum atomic E-state index is -0.354. The van der Waals surface area contributed by atoms with Crippen molar-refractivity contribution in [3.8, 4) is 5.75 Å². The first-order chi connectivity index (χ1) is 14.7. The Kier molecular flexibility index (Phi) is 6.45. The quantitative estimate of drug-likeness (QED) is 0.661. The van der Waals surface area contributed by atoms with Crippen LogP contribution in [0.5, 0.6) is 5.75 Å².